The van der Waals surface area contributed by atoms with Gasteiger partial charge < -0.3 is 91.8 Å². The summed E-state index contributed by atoms with van der Waals surface area (Å²) >= 11 is 21.7. The summed E-state index contributed by atoms with van der Waals surface area (Å²) in [4.78, 5) is 116. The number of thiazole rings is 4. The first-order valence-electron chi connectivity index (χ1n) is 43.0. The summed E-state index contributed by atoms with van der Waals surface area (Å²) in [6, 6.07) is 32.7. The number of ketones is 2. The molecule has 145 heavy (non-hydrogen) atoms. The van der Waals surface area contributed by atoms with Gasteiger partial charge in [0.25, 0.3) is 0 Å². The Bertz CT molecular complexity index is 6650. The van der Waals surface area contributed by atoms with Gasteiger partial charge in [0.15, 0.2) is 45.4 Å². The Kier molecular flexibility index (Phi) is 57.0. The molecule has 0 bridgehead atoms. The number of aromatic amines is 2. The Morgan fingerprint density at radius 3 is 1.19 bits per heavy atom. The van der Waals surface area contributed by atoms with E-state index in [4.69, 9.17) is 71.4 Å². The quantitative estimate of drug-likeness (QED) is 0.00624. The van der Waals surface area contributed by atoms with E-state index in [0.717, 1.165) is 138 Å². The van der Waals surface area contributed by atoms with Gasteiger partial charge in [0.1, 0.15) is 81.3 Å². The van der Waals surface area contributed by atoms with Gasteiger partial charge in [0.05, 0.1) is 97.2 Å². The molecule has 1 unspecified atom stereocenters. The van der Waals surface area contributed by atoms with Crippen molar-refractivity contribution in [3.63, 3.8) is 0 Å². The number of carbonyl (C=O) groups is 8. The molecule has 33 nitrogen and oxygen atoms in total. The van der Waals surface area contributed by atoms with Gasteiger partial charge in [-0.05, 0) is 149 Å². The number of benzene rings is 5. The number of aliphatic hydroxyl groups excluding tert-OH is 1. The van der Waals surface area contributed by atoms with Gasteiger partial charge in [-0.3, -0.25) is 19.2 Å². The number of hydrogen-bond acceptors (Lipinski definition) is 32. The zero-order valence-corrected chi connectivity index (χ0v) is 100. The van der Waals surface area contributed by atoms with Crippen LogP contribution in [-0.2, 0) is 80.6 Å². The molecule has 9 aromatic heterocycles. The zero-order valence-electron chi connectivity index (χ0n) is 83.7. The van der Waals surface area contributed by atoms with Gasteiger partial charge in [-0.25, -0.2) is 39.1 Å². The Morgan fingerprint density at radius 2 is 0.786 bits per heavy atom. The molecule has 0 amide bonds. The predicted octanol–water partition coefficient (Wildman–Crippen LogP) is 22.4. The van der Waals surface area contributed by atoms with Gasteiger partial charge >= 0.3 is 75.9 Å². The fourth-order valence-electron chi connectivity index (χ4n) is 12.6. The standard InChI is InChI=1S/C21H27BrN2O5SSi.C21H25BrN2O5SSi.C16H23NO3Si.C15H11BrN2O4S.C10H9NO2.C6H15ClOSi.C5H4BrNO2S.3CH4.Mn.Na.2O.H/c2*1-27-13-6-7-14-15(18(25)20-23-17(19(22)30-20)21(26)28-2)11-24(16(14)10-13)12-29-8-9-31(3,4)5;1-19-14-5-6-15-13(11-18)10-17(16(15)9-14)12-20-7-8-21(2,3)4;1-21-7-3-4-8-9(6-17-10(8)5-7)12(19)14-18-11(13(16)23-14)15(20)22-2;1-13-8-2-3-9-7(6-12)5-11-10(9)4-8;1-9(2,3)5-4-8-6-7;1-9-5(8)3-4(6)10-2-7-3;;;;;;;;/h6-7,10-11,18,25H,8-9,12H2,1-5H3;6-7,10-11H,8-9,12H2,1-5H3;5-6,9-11H,7-8,12H2,1-4H3;3-6,17H,1-2H3;2-6,11H,1H3;4-6H2,1-3H3;2H,1H3;3*1H4;;;;;/q;;;;;;;;;;;+1;;;-1. The Hall–Kier alpha value is -8.12. The second-order valence-electron chi connectivity index (χ2n) is 35.2. The van der Waals surface area contributed by atoms with Crippen LogP contribution in [0.4, 0.5) is 0 Å². The first kappa shape index (κ1) is 131. The third-order valence-electron chi connectivity index (χ3n) is 20.4. The predicted molar refractivity (Wildman–Crippen MR) is 591 cm³/mol. The number of methoxy groups -OCH3 is 9. The van der Waals surface area contributed by atoms with E-state index in [1.807, 2.05) is 111 Å². The number of ether oxygens (including phenoxy) is 13. The molecule has 0 aliphatic heterocycles. The van der Waals surface area contributed by atoms with E-state index >= 15 is 0 Å². The molecule has 48 heteroatoms. The van der Waals surface area contributed by atoms with Crippen molar-refractivity contribution in [2.45, 2.75) is 151 Å². The second kappa shape index (κ2) is 63.1. The normalized spacial score (nSPS) is 11.1. The third-order valence-corrected chi connectivity index (χ3v) is 34.1. The molecule has 14 aromatic rings. The number of alkyl halides is 1. The number of nitrogens with zero attached hydrogens (tertiary/aromatic N) is 7. The third kappa shape index (κ3) is 39.3. The summed E-state index contributed by atoms with van der Waals surface area (Å²) in [6.45, 7) is 31.9. The summed E-state index contributed by atoms with van der Waals surface area (Å²) in [5.74, 6) is 1.01. The average Bonchev–Trinajstić information content (AvgIpc) is 1.61. The van der Waals surface area contributed by atoms with E-state index in [0.29, 0.717) is 105 Å². The van der Waals surface area contributed by atoms with E-state index in [1.165, 1.54) is 57.2 Å². The number of rotatable bonds is 36. The number of carbonyl (C=O) groups excluding carboxylic acids is 8. The molecule has 0 aliphatic carbocycles. The first-order chi connectivity index (χ1) is 66.8. The number of nitrogens with one attached hydrogen (secondary N) is 2. The maximum atomic E-state index is 13.3. The molecule has 9 heterocycles. The van der Waals surface area contributed by atoms with Crippen molar-refractivity contribution in [3.05, 3.63) is 208 Å². The van der Waals surface area contributed by atoms with Crippen LogP contribution in [0.1, 0.15) is 134 Å². The molecule has 0 saturated heterocycles. The van der Waals surface area contributed by atoms with Crippen molar-refractivity contribution in [1.29, 1.82) is 0 Å². The van der Waals surface area contributed by atoms with E-state index < -0.39 is 77.1 Å². The van der Waals surface area contributed by atoms with Crippen LogP contribution in [-0.4, -0.2) is 226 Å². The molecular formula is C97H127Br4ClMnN9NaO24S4Si4. The van der Waals surface area contributed by atoms with Crippen LogP contribution >= 0.6 is 121 Å². The summed E-state index contributed by atoms with van der Waals surface area (Å²) < 4.78 is 92.2. The van der Waals surface area contributed by atoms with E-state index in [2.05, 4.69) is 182 Å². The van der Waals surface area contributed by atoms with Crippen molar-refractivity contribution in [3.8, 4) is 28.7 Å². The Balaban J connectivity index is 0.000000590. The van der Waals surface area contributed by atoms with Gasteiger partial charge in [0, 0.05) is 175 Å². The van der Waals surface area contributed by atoms with Gasteiger partial charge in [-0.1, -0.05) is 112 Å². The van der Waals surface area contributed by atoms with Crippen LogP contribution in [0, 0.1) is 0 Å². The van der Waals surface area contributed by atoms with Gasteiger partial charge in [-0.2, -0.15) is 0 Å². The Morgan fingerprint density at radius 1 is 0.441 bits per heavy atom. The molecule has 0 radical (unpaired) electrons. The summed E-state index contributed by atoms with van der Waals surface area (Å²) in [6.07, 6.45) is 9.52. The van der Waals surface area contributed by atoms with Crippen molar-refractivity contribution in [2.24, 2.45) is 0 Å². The molecule has 0 spiro atoms. The fourth-order valence-corrected chi connectivity index (χ4v) is 21.2. The molecule has 0 saturated carbocycles. The number of aldehydes is 2. The molecule has 0 aliphatic rings. The number of aromatic nitrogens is 9. The number of hydrogen-bond donors (Lipinski definition) is 3. The molecule has 1 atom stereocenters. The average molecular weight is 2480 g/mol. The Labute approximate surface area is 933 Å². The van der Waals surface area contributed by atoms with Crippen molar-refractivity contribution in [2.75, 3.05) is 96.5 Å². The zero-order chi connectivity index (χ0) is 104. The number of aliphatic hydroxyl groups is 1. The molecule has 787 valence electrons. The number of H-pyrrole nitrogens is 2. The minimum absolute atomic E-state index is 0. The van der Waals surface area contributed by atoms with E-state index in [9.17, 15) is 43.5 Å². The molecular weight excluding hydrogens is 2350 g/mol. The van der Waals surface area contributed by atoms with Gasteiger partial charge in [-0.15, -0.1) is 45.3 Å². The molecule has 0 fully saturated rings. The van der Waals surface area contributed by atoms with Crippen LogP contribution in [0.5, 0.6) is 28.7 Å². The number of esters is 4. The second-order valence-corrected chi connectivity index (χ2v) is 67.2. The van der Waals surface area contributed by atoms with E-state index in [-0.39, 0.29) is 91.9 Å². The maximum absolute atomic E-state index is 13.3. The topological polar surface area (TPSA) is 409 Å². The van der Waals surface area contributed by atoms with Crippen molar-refractivity contribution in [1.82, 2.24) is 43.6 Å². The summed E-state index contributed by atoms with van der Waals surface area (Å²) in [7, 11) is 8.90. The molecule has 3 N–H and O–H groups in total. The van der Waals surface area contributed by atoms with Crippen LogP contribution in [0.3, 0.4) is 0 Å². The van der Waals surface area contributed by atoms with Crippen LogP contribution in [0.25, 0.3) is 54.5 Å². The van der Waals surface area contributed by atoms with Crippen LogP contribution in [0.15, 0.2) is 143 Å². The minimum atomic E-state index is -1.44. The first-order valence-corrected chi connectivity index (χ1v) is 65.8. The van der Waals surface area contributed by atoms with Gasteiger partial charge in [0.2, 0.25) is 11.6 Å². The summed E-state index contributed by atoms with van der Waals surface area (Å²) in [5, 5.41) is 16.2. The van der Waals surface area contributed by atoms with Crippen molar-refractivity contribution >= 4 is 255 Å². The van der Waals surface area contributed by atoms with Crippen LogP contribution in [0.2, 0.25) is 103 Å². The molecule has 14 rings (SSSR count). The fraction of sp³-hybridized carbons (Fsp3) is 0.381. The number of halogens is 5. The van der Waals surface area contributed by atoms with Crippen LogP contribution < -0.4 is 53.2 Å². The SMILES string of the molecule is C.C.C.COC(=O)c1nc(C(=O)c2c[nH]c3cc(OC)ccc23)sc1Br.COC(=O)c1nc(C(=O)c2cn(COCC[Si](C)(C)C)c3cc(OC)ccc23)sc1Br.COC(=O)c1nc(C(O)c2cn(COCC[Si](C)(C)C)c3cc(OC)ccc23)sc1Br.COC(=O)c1ncsc1Br.COc1ccc2c(C=O)c[nH]c2c1.COc1ccc2c(C=O)cn(COCC[Si](C)(C)C)c2c1.C[Si](C)(C)CCOCCl.[H-].[Na+].[O]=[Mn]=[O]. The number of fused-ring (bicyclic) bond motifs is 5. The monoisotopic (exact) mass is 2470 g/mol. The van der Waals surface area contributed by atoms with E-state index in [1.54, 1.807) is 65.7 Å². The molecule has 5 aromatic carbocycles. The summed E-state index contributed by atoms with van der Waals surface area (Å²) in [5.41, 5.74) is 9.68. The van der Waals surface area contributed by atoms with Crippen molar-refractivity contribution < 1.29 is 159 Å².